The van der Waals surface area contributed by atoms with Crippen LogP contribution in [-0.2, 0) is 6.42 Å². The predicted molar refractivity (Wildman–Crippen MR) is 98.4 cm³/mol. The molecule has 24 heavy (non-hydrogen) atoms. The topological polar surface area (TPSA) is 47.5 Å². The van der Waals surface area contributed by atoms with Crippen LogP contribution in [0.3, 0.4) is 0 Å². The van der Waals surface area contributed by atoms with E-state index in [0.29, 0.717) is 11.4 Å². The molecule has 4 nitrogen and oxygen atoms in total. The Labute approximate surface area is 147 Å². The fourth-order valence-corrected chi connectivity index (χ4v) is 4.27. The van der Waals surface area contributed by atoms with Crippen molar-refractivity contribution in [1.82, 2.24) is 4.40 Å². The number of para-hydroxylation sites is 1. The summed E-state index contributed by atoms with van der Waals surface area (Å²) in [5.41, 5.74) is 4.47. The number of hydrogen-bond acceptors (Lipinski definition) is 3. The van der Waals surface area contributed by atoms with Crippen LogP contribution in [0.15, 0.2) is 47.8 Å². The monoisotopic (exact) mass is 356 g/mol. The van der Waals surface area contributed by atoms with Gasteiger partial charge in [-0.05, 0) is 24.1 Å². The van der Waals surface area contributed by atoms with Crippen LogP contribution in [0.25, 0.3) is 15.7 Å². The lowest BCUT2D eigenvalue weighted by molar-refractivity contribution is -0.384. The number of aryl methyl sites for hydroxylation is 1. The van der Waals surface area contributed by atoms with Crippen LogP contribution in [0, 0.1) is 17.0 Å². The maximum absolute atomic E-state index is 10.8. The minimum absolute atomic E-state index is 0.0153. The van der Waals surface area contributed by atoms with E-state index in [1.165, 1.54) is 33.4 Å². The second-order valence-electron chi connectivity index (χ2n) is 5.77. The first kappa shape index (κ1) is 15.2. The molecule has 120 valence electrons. The number of non-ortho nitro benzene ring substituents is 1. The van der Waals surface area contributed by atoms with Gasteiger partial charge in [-0.25, -0.2) is 0 Å². The molecule has 0 amide bonds. The Hall–Kier alpha value is -2.37. The molecule has 0 bridgehead atoms. The quantitative estimate of drug-likeness (QED) is 0.353. The van der Waals surface area contributed by atoms with Gasteiger partial charge in [0.1, 0.15) is 4.83 Å². The van der Waals surface area contributed by atoms with Crippen molar-refractivity contribution >= 4 is 44.4 Å². The van der Waals surface area contributed by atoms with E-state index in [2.05, 4.69) is 41.0 Å². The summed E-state index contributed by atoms with van der Waals surface area (Å²) in [6.45, 7) is 2.11. The largest absolute Gasteiger partial charge is 0.304 e. The second kappa shape index (κ2) is 5.61. The number of rotatable bonds is 3. The van der Waals surface area contributed by atoms with Gasteiger partial charge in [-0.15, -0.1) is 11.3 Å². The fourth-order valence-electron chi connectivity index (χ4n) is 3.07. The summed E-state index contributed by atoms with van der Waals surface area (Å²) in [6, 6.07) is 13.1. The normalized spacial score (nSPS) is 11.4. The van der Waals surface area contributed by atoms with E-state index in [4.69, 9.17) is 11.6 Å². The van der Waals surface area contributed by atoms with Gasteiger partial charge in [-0.3, -0.25) is 10.1 Å². The van der Waals surface area contributed by atoms with E-state index in [0.717, 1.165) is 11.3 Å². The molecule has 2 aromatic carbocycles. The van der Waals surface area contributed by atoms with Gasteiger partial charge in [0, 0.05) is 35.0 Å². The molecule has 0 radical (unpaired) electrons. The zero-order valence-corrected chi connectivity index (χ0v) is 14.4. The van der Waals surface area contributed by atoms with Gasteiger partial charge in [-0.2, -0.15) is 0 Å². The molecule has 0 N–H and O–H groups in total. The highest BCUT2D eigenvalue weighted by Gasteiger charge is 2.14. The number of hydrogen-bond donors (Lipinski definition) is 0. The van der Waals surface area contributed by atoms with Gasteiger partial charge in [-0.1, -0.05) is 35.9 Å². The lowest BCUT2D eigenvalue weighted by atomic mass is 10.1. The SMILES string of the molecule is Cc1cccc2cc3scc(Cc4ccc([N+](=O)[O-])cc4Cl)n3c12. The summed E-state index contributed by atoms with van der Waals surface area (Å²) < 4.78 is 2.26. The van der Waals surface area contributed by atoms with E-state index >= 15 is 0 Å². The van der Waals surface area contributed by atoms with Gasteiger partial charge >= 0.3 is 0 Å². The molecule has 4 rings (SSSR count). The highest BCUT2D eigenvalue weighted by Crippen LogP contribution is 2.31. The van der Waals surface area contributed by atoms with Gasteiger partial charge < -0.3 is 4.40 Å². The van der Waals surface area contributed by atoms with Gasteiger partial charge in [0.25, 0.3) is 5.69 Å². The maximum atomic E-state index is 10.8. The molecule has 0 unspecified atom stereocenters. The number of nitro groups is 1. The van der Waals surface area contributed by atoms with Crippen molar-refractivity contribution in [3.05, 3.63) is 79.8 Å². The molecule has 0 aliphatic heterocycles. The Morgan fingerprint density at radius 2 is 2.08 bits per heavy atom. The first-order valence-corrected chi connectivity index (χ1v) is 8.70. The Kier molecular flexibility index (Phi) is 3.55. The highest BCUT2D eigenvalue weighted by atomic mass is 35.5. The van der Waals surface area contributed by atoms with Crippen molar-refractivity contribution in [3.63, 3.8) is 0 Å². The lowest BCUT2D eigenvalue weighted by Crippen LogP contribution is -1.96. The molecule has 6 heteroatoms. The van der Waals surface area contributed by atoms with Crippen molar-refractivity contribution in [3.8, 4) is 0 Å². The van der Waals surface area contributed by atoms with E-state index in [-0.39, 0.29) is 5.69 Å². The minimum atomic E-state index is -0.429. The van der Waals surface area contributed by atoms with Gasteiger partial charge in [0.2, 0.25) is 0 Å². The van der Waals surface area contributed by atoms with Crippen molar-refractivity contribution in [2.45, 2.75) is 13.3 Å². The predicted octanol–water partition coefficient (Wildman–Crippen LogP) is 5.61. The van der Waals surface area contributed by atoms with E-state index in [1.54, 1.807) is 17.4 Å². The van der Waals surface area contributed by atoms with Crippen LogP contribution in [0.4, 0.5) is 5.69 Å². The molecular weight excluding hydrogens is 344 g/mol. The van der Waals surface area contributed by atoms with Gasteiger partial charge in [0.15, 0.2) is 0 Å². The summed E-state index contributed by atoms with van der Waals surface area (Å²) in [5, 5.41) is 14.6. The lowest BCUT2D eigenvalue weighted by Gasteiger charge is -2.06. The summed E-state index contributed by atoms with van der Waals surface area (Å²) in [4.78, 5) is 11.6. The first-order valence-electron chi connectivity index (χ1n) is 7.44. The zero-order valence-electron chi connectivity index (χ0n) is 12.8. The van der Waals surface area contributed by atoms with E-state index in [1.807, 2.05) is 0 Å². The third-order valence-electron chi connectivity index (χ3n) is 4.21. The van der Waals surface area contributed by atoms with Gasteiger partial charge in [0.05, 0.1) is 15.5 Å². The Balaban J connectivity index is 1.83. The molecule has 0 fully saturated rings. The number of thiazole rings is 1. The Bertz CT molecular complexity index is 1100. The van der Waals surface area contributed by atoms with Crippen molar-refractivity contribution in [1.29, 1.82) is 0 Å². The zero-order chi connectivity index (χ0) is 16.8. The summed E-state index contributed by atoms with van der Waals surface area (Å²) in [6.07, 6.45) is 0.634. The summed E-state index contributed by atoms with van der Waals surface area (Å²) in [7, 11) is 0. The van der Waals surface area contributed by atoms with E-state index in [9.17, 15) is 10.1 Å². The fraction of sp³-hybridized carbons (Fsp3) is 0.111. The van der Waals surface area contributed by atoms with E-state index < -0.39 is 4.92 Å². The van der Waals surface area contributed by atoms with Crippen LogP contribution in [0.2, 0.25) is 5.02 Å². The smallest absolute Gasteiger partial charge is 0.270 e. The number of halogens is 1. The molecule has 2 aromatic heterocycles. The molecule has 0 aliphatic rings. The Morgan fingerprint density at radius 3 is 2.83 bits per heavy atom. The van der Waals surface area contributed by atoms with Crippen LogP contribution < -0.4 is 0 Å². The molecule has 0 atom stereocenters. The second-order valence-corrected chi connectivity index (χ2v) is 7.06. The summed E-state index contributed by atoms with van der Waals surface area (Å²) in [5.74, 6) is 0. The summed E-state index contributed by atoms with van der Waals surface area (Å²) >= 11 is 7.95. The van der Waals surface area contributed by atoms with Crippen LogP contribution >= 0.6 is 22.9 Å². The maximum Gasteiger partial charge on any atom is 0.270 e. The average molecular weight is 357 g/mol. The van der Waals surface area contributed by atoms with Crippen molar-refractivity contribution < 1.29 is 4.92 Å². The molecule has 2 heterocycles. The van der Waals surface area contributed by atoms with Crippen molar-refractivity contribution in [2.75, 3.05) is 0 Å². The average Bonchev–Trinajstić information content (AvgIpc) is 3.09. The number of fused-ring (bicyclic) bond motifs is 3. The third kappa shape index (κ3) is 2.37. The first-order chi connectivity index (χ1) is 11.5. The number of aromatic nitrogens is 1. The third-order valence-corrected chi connectivity index (χ3v) is 5.50. The number of nitrogens with zero attached hydrogens (tertiary/aromatic N) is 2. The minimum Gasteiger partial charge on any atom is -0.304 e. The molecule has 0 spiro atoms. The number of nitro benzene ring substituents is 1. The molecule has 4 aromatic rings. The molecular formula is C18H13ClN2O2S. The molecule has 0 saturated heterocycles. The molecule has 0 saturated carbocycles. The standard InChI is InChI=1S/C18H13ClN2O2S/c1-11-3-2-4-13-8-17-20(18(11)13)15(10-24-17)7-12-5-6-14(21(22)23)9-16(12)19/h2-6,8-10H,7H2,1H3. The van der Waals surface area contributed by atoms with Crippen LogP contribution in [-0.4, -0.2) is 9.32 Å². The molecule has 0 aliphatic carbocycles. The number of benzene rings is 2. The van der Waals surface area contributed by atoms with Crippen LogP contribution in [0.5, 0.6) is 0 Å². The highest BCUT2D eigenvalue weighted by molar-refractivity contribution is 7.15. The van der Waals surface area contributed by atoms with Crippen LogP contribution in [0.1, 0.15) is 16.8 Å². The van der Waals surface area contributed by atoms with Crippen molar-refractivity contribution in [2.24, 2.45) is 0 Å². The Morgan fingerprint density at radius 1 is 1.25 bits per heavy atom.